The molecule has 0 aliphatic carbocycles. The third-order valence-electron chi connectivity index (χ3n) is 5.17. The minimum absolute atomic E-state index is 0.00460. The zero-order valence-electron chi connectivity index (χ0n) is 14.9. The highest BCUT2D eigenvalue weighted by molar-refractivity contribution is 6.00. The Morgan fingerprint density at radius 2 is 1.64 bits per heavy atom. The van der Waals surface area contributed by atoms with Crippen LogP contribution in [0.25, 0.3) is 0 Å². The Hall–Kier alpha value is -2.37. The molecule has 6 heteroatoms. The van der Waals surface area contributed by atoms with Gasteiger partial charge in [-0.1, -0.05) is 19.1 Å². The molecule has 134 valence electrons. The first-order chi connectivity index (χ1) is 12.0. The standard InChI is InChI=1S/C19H25N3O3/c1-3-15-4-6-17(7-5-15)22-13-16(12-18(22)24)19(25)21-10-8-20(9-11-21)14(2)23/h4-7,16H,3,8-13H2,1-2H3/t16-/m1/s1. The Balaban J connectivity index is 1.62. The third kappa shape index (κ3) is 3.67. The molecule has 2 aliphatic heterocycles. The number of carbonyl (C=O) groups is 3. The molecule has 2 heterocycles. The van der Waals surface area contributed by atoms with E-state index in [-0.39, 0.29) is 30.1 Å². The van der Waals surface area contributed by atoms with Gasteiger partial charge >= 0.3 is 0 Å². The first-order valence-electron chi connectivity index (χ1n) is 8.93. The number of aryl methyl sites for hydroxylation is 1. The van der Waals surface area contributed by atoms with E-state index in [9.17, 15) is 14.4 Å². The smallest absolute Gasteiger partial charge is 0.228 e. The normalized spacial score (nSPS) is 21.0. The summed E-state index contributed by atoms with van der Waals surface area (Å²) in [6.45, 7) is 6.33. The topological polar surface area (TPSA) is 60.9 Å². The number of amides is 3. The van der Waals surface area contributed by atoms with E-state index in [0.29, 0.717) is 32.7 Å². The first kappa shape index (κ1) is 17.5. The fourth-order valence-corrected chi connectivity index (χ4v) is 3.53. The second-order valence-corrected chi connectivity index (χ2v) is 6.76. The highest BCUT2D eigenvalue weighted by Gasteiger charge is 2.38. The zero-order chi connectivity index (χ0) is 18.0. The summed E-state index contributed by atoms with van der Waals surface area (Å²) < 4.78 is 0. The summed E-state index contributed by atoms with van der Waals surface area (Å²) in [4.78, 5) is 41.8. The first-order valence-corrected chi connectivity index (χ1v) is 8.93. The molecular formula is C19H25N3O3. The van der Waals surface area contributed by atoms with Crippen molar-refractivity contribution >= 4 is 23.4 Å². The molecule has 2 aliphatic rings. The van der Waals surface area contributed by atoms with Gasteiger partial charge in [0.2, 0.25) is 17.7 Å². The van der Waals surface area contributed by atoms with Gasteiger partial charge < -0.3 is 14.7 Å². The molecule has 6 nitrogen and oxygen atoms in total. The van der Waals surface area contributed by atoms with Crippen LogP contribution in [0.1, 0.15) is 25.8 Å². The lowest BCUT2D eigenvalue weighted by Crippen LogP contribution is -2.51. The van der Waals surface area contributed by atoms with E-state index in [0.717, 1.165) is 12.1 Å². The quantitative estimate of drug-likeness (QED) is 0.831. The van der Waals surface area contributed by atoms with Crippen LogP contribution in [0.3, 0.4) is 0 Å². The summed E-state index contributed by atoms with van der Waals surface area (Å²) in [6, 6.07) is 7.96. The Morgan fingerprint density at radius 1 is 1.04 bits per heavy atom. The maximum atomic E-state index is 12.7. The Kier molecular flexibility index (Phi) is 5.06. The van der Waals surface area contributed by atoms with Crippen molar-refractivity contribution in [2.45, 2.75) is 26.7 Å². The van der Waals surface area contributed by atoms with Crippen molar-refractivity contribution in [1.82, 2.24) is 9.80 Å². The summed E-state index contributed by atoms with van der Waals surface area (Å²) in [5, 5.41) is 0. The summed E-state index contributed by atoms with van der Waals surface area (Å²) in [5.41, 5.74) is 2.09. The Labute approximate surface area is 148 Å². The van der Waals surface area contributed by atoms with Gasteiger partial charge in [-0.25, -0.2) is 0 Å². The molecule has 3 rings (SSSR count). The Bertz CT molecular complexity index is 663. The third-order valence-corrected chi connectivity index (χ3v) is 5.17. The number of hydrogen-bond acceptors (Lipinski definition) is 3. The minimum atomic E-state index is -0.290. The molecule has 0 N–H and O–H groups in total. The van der Waals surface area contributed by atoms with Crippen LogP contribution in [0.4, 0.5) is 5.69 Å². The van der Waals surface area contributed by atoms with Gasteiger partial charge in [0.25, 0.3) is 0 Å². The maximum absolute atomic E-state index is 12.7. The van der Waals surface area contributed by atoms with Crippen LogP contribution in [-0.4, -0.2) is 60.2 Å². The monoisotopic (exact) mass is 343 g/mol. The van der Waals surface area contributed by atoms with Crippen LogP contribution >= 0.6 is 0 Å². The molecule has 0 spiro atoms. The van der Waals surface area contributed by atoms with Gasteiger partial charge in [-0.05, 0) is 24.1 Å². The van der Waals surface area contributed by atoms with E-state index >= 15 is 0 Å². The van der Waals surface area contributed by atoms with Crippen molar-refractivity contribution in [3.05, 3.63) is 29.8 Å². The van der Waals surface area contributed by atoms with Gasteiger partial charge in [0.05, 0.1) is 5.92 Å². The van der Waals surface area contributed by atoms with E-state index in [1.54, 1.807) is 21.6 Å². The lowest BCUT2D eigenvalue weighted by molar-refractivity contribution is -0.141. The van der Waals surface area contributed by atoms with Gasteiger partial charge in [0, 0.05) is 51.8 Å². The van der Waals surface area contributed by atoms with Crippen molar-refractivity contribution in [3.63, 3.8) is 0 Å². The van der Waals surface area contributed by atoms with Gasteiger partial charge in [-0.15, -0.1) is 0 Å². The zero-order valence-corrected chi connectivity index (χ0v) is 14.9. The molecule has 25 heavy (non-hydrogen) atoms. The van der Waals surface area contributed by atoms with Crippen LogP contribution in [-0.2, 0) is 20.8 Å². The van der Waals surface area contributed by atoms with Gasteiger partial charge in [0.15, 0.2) is 0 Å². The maximum Gasteiger partial charge on any atom is 0.228 e. The van der Waals surface area contributed by atoms with Crippen LogP contribution in [0, 0.1) is 5.92 Å². The fraction of sp³-hybridized carbons (Fsp3) is 0.526. The number of hydrogen-bond donors (Lipinski definition) is 0. The number of carbonyl (C=O) groups excluding carboxylic acids is 3. The van der Waals surface area contributed by atoms with Crippen molar-refractivity contribution in [2.24, 2.45) is 5.92 Å². The second-order valence-electron chi connectivity index (χ2n) is 6.76. The van der Waals surface area contributed by atoms with Crippen LogP contribution < -0.4 is 4.90 Å². The van der Waals surface area contributed by atoms with E-state index in [1.807, 2.05) is 24.3 Å². The summed E-state index contributed by atoms with van der Waals surface area (Å²) in [7, 11) is 0. The van der Waals surface area contributed by atoms with Gasteiger partial charge in [-0.2, -0.15) is 0 Å². The number of anilines is 1. The number of nitrogens with zero attached hydrogens (tertiary/aromatic N) is 3. The lowest BCUT2D eigenvalue weighted by Gasteiger charge is -2.35. The molecule has 1 aromatic rings. The van der Waals surface area contributed by atoms with E-state index in [1.165, 1.54) is 5.56 Å². The summed E-state index contributed by atoms with van der Waals surface area (Å²) in [5.74, 6) is -0.207. The number of rotatable bonds is 3. The molecule has 0 radical (unpaired) electrons. The lowest BCUT2D eigenvalue weighted by atomic mass is 10.1. The second kappa shape index (κ2) is 7.25. The predicted molar refractivity (Wildman–Crippen MR) is 95.1 cm³/mol. The van der Waals surface area contributed by atoms with Crippen molar-refractivity contribution in [2.75, 3.05) is 37.6 Å². The van der Waals surface area contributed by atoms with Crippen molar-refractivity contribution < 1.29 is 14.4 Å². The van der Waals surface area contributed by atoms with Crippen molar-refractivity contribution in [1.29, 1.82) is 0 Å². The van der Waals surface area contributed by atoms with Crippen LogP contribution in [0.15, 0.2) is 24.3 Å². The molecular weight excluding hydrogens is 318 g/mol. The van der Waals surface area contributed by atoms with Crippen LogP contribution in [0.5, 0.6) is 0 Å². The molecule has 0 saturated carbocycles. The van der Waals surface area contributed by atoms with Gasteiger partial charge in [-0.3, -0.25) is 14.4 Å². The molecule has 3 amide bonds. The average molecular weight is 343 g/mol. The Morgan fingerprint density at radius 3 is 2.20 bits per heavy atom. The summed E-state index contributed by atoms with van der Waals surface area (Å²) in [6.07, 6.45) is 1.23. The molecule has 2 fully saturated rings. The predicted octanol–water partition coefficient (Wildman–Crippen LogP) is 1.29. The highest BCUT2D eigenvalue weighted by atomic mass is 16.2. The van der Waals surface area contributed by atoms with E-state index < -0.39 is 0 Å². The SMILES string of the molecule is CCc1ccc(N2C[C@H](C(=O)N3CCN(C(C)=O)CC3)CC2=O)cc1. The van der Waals surface area contributed by atoms with Gasteiger partial charge in [0.1, 0.15) is 0 Å². The average Bonchev–Trinajstić information content (AvgIpc) is 3.03. The number of benzene rings is 1. The molecule has 1 aromatic carbocycles. The molecule has 0 bridgehead atoms. The highest BCUT2D eigenvalue weighted by Crippen LogP contribution is 2.27. The molecule has 2 saturated heterocycles. The molecule has 0 aromatic heterocycles. The van der Waals surface area contributed by atoms with Crippen LogP contribution in [0.2, 0.25) is 0 Å². The fourth-order valence-electron chi connectivity index (χ4n) is 3.53. The van der Waals surface area contributed by atoms with Crippen molar-refractivity contribution in [3.8, 4) is 0 Å². The molecule has 1 atom stereocenters. The number of piperazine rings is 1. The van der Waals surface area contributed by atoms with E-state index in [4.69, 9.17) is 0 Å². The summed E-state index contributed by atoms with van der Waals surface area (Å²) >= 11 is 0. The minimum Gasteiger partial charge on any atom is -0.339 e. The largest absolute Gasteiger partial charge is 0.339 e. The molecule has 0 unspecified atom stereocenters. The van der Waals surface area contributed by atoms with E-state index in [2.05, 4.69) is 6.92 Å².